The molecule has 0 aliphatic rings. The predicted molar refractivity (Wildman–Crippen MR) is 96.6 cm³/mol. The molecular weight excluding hydrogens is 338 g/mol. The van der Waals surface area contributed by atoms with Crippen LogP contribution in [0.3, 0.4) is 0 Å². The number of benzene rings is 2. The Hall–Kier alpha value is -3.13. The van der Waals surface area contributed by atoms with Crippen LogP contribution in [-0.4, -0.2) is 38.2 Å². The number of hydrogen-bond acceptors (Lipinski definition) is 6. The molecule has 3 N–H and O–H groups in total. The fraction of sp³-hybridized carbons (Fsp3) is 0.0588. The molecule has 0 saturated carbocycles. The highest BCUT2D eigenvalue weighted by Gasteiger charge is 2.08. The molecule has 8 heteroatoms. The van der Waals surface area contributed by atoms with Gasteiger partial charge >= 0.3 is 0 Å². The fourth-order valence-electron chi connectivity index (χ4n) is 2.02. The van der Waals surface area contributed by atoms with Crippen LogP contribution >= 0.6 is 11.8 Å². The minimum atomic E-state index is -0.469. The highest BCUT2D eigenvalue weighted by Crippen LogP contribution is 2.18. The van der Waals surface area contributed by atoms with E-state index in [0.29, 0.717) is 16.7 Å². The largest absolute Gasteiger partial charge is 0.507 e. The number of phenols is 1. The van der Waals surface area contributed by atoms with Crippen LogP contribution in [0.25, 0.3) is 11.4 Å². The number of nitrogens with zero attached hydrogens (tertiary/aromatic N) is 3. The Bertz CT molecular complexity index is 880. The van der Waals surface area contributed by atoms with Gasteiger partial charge in [-0.3, -0.25) is 9.89 Å². The standard InChI is InChI=1S/C17H15N5O2S/c23-14-9-5-4-8-13(14)16(24)21-18-10-11-25-17-19-15(20-22-17)12-6-2-1-3-7-12/h1-10,23H,11H2,(H,21,24)(H,19,20,22). The lowest BCUT2D eigenvalue weighted by molar-refractivity contribution is 0.0952. The maximum Gasteiger partial charge on any atom is 0.275 e. The van der Waals surface area contributed by atoms with Crippen molar-refractivity contribution in [3.8, 4) is 17.1 Å². The van der Waals surface area contributed by atoms with E-state index >= 15 is 0 Å². The third-order valence-electron chi connectivity index (χ3n) is 3.21. The Balaban J connectivity index is 1.48. The summed E-state index contributed by atoms with van der Waals surface area (Å²) in [7, 11) is 0. The molecule has 0 aliphatic carbocycles. The number of carbonyl (C=O) groups excluding carboxylic acids is 1. The van der Waals surface area contributed by atoms with Gasteiger partial charge in [-0.1, -0.05) is 54.2 Å². The minimum absolute atomic E-state index is 0.0845. The molecule has 126 valence electrons. The van der Waals surface area contributed by atoms with E-state index in [-0.39, 0.29) is 11.3 Å². The third-order valence-corrected chi connectivity index (χ3v) is 3.96. The predicted octanol–water partition coefficient (Wildman–Crippen LogP) is 2.69. The summed E-state index contributed by atoms with van der Waals surface area (Å²) in [5.41, 5.74) is 3.50. The van der Waals surface area contributed by atoms with Crippen molar-refractivity contribution in [1.82, 2.24) is 20.6 Å². The normalized spacial score (nSPS) is 10.9. The first-order valence-corrected chi connectivity index (χ1v) is 8.43. The Morgan fingerprint density at radius 1 is 1.20 bits per heavy atom. The highest BCUT2D eigenvalue weighted by molar-refractivity contribution is 7.99. The lowest BCUT2D eigenvalue weighted by Crippen LogP contribution is -2.17. The number of aromatic hydroxyl groups is 1. The van der Waals surface area contributed by atoms with Crippen molar-refractivity contribution in [1.29, 1.82) is 0 Å². The number of aromatic nitrogens is 3. The van der Waals surface area contributed by atoms with Crippen LogP contribution in [-0.2, 0) is 0 Å². The second-order valence-electron chi connectivity index (χ2n) is 4.91. The van der Waals surface area contributed by atoms with Crippen molar-refractivity contribution >= 4 is 23.9 Å². The van der Waals surface area contributed by atoms with Crippen molar-refractivity contribution in [3.05, 3.63) is 60.2 Å². The quantitative estimate of drug-likeness (QED) is 0.359. The molecule has 0 aliphatic heterocycles. The van der Waals surface area contributed by atoms with E-state index in [1.54, 1.807) is 18.3 Å². The van der Waals surface area contributed by atoms with Crippen LogP contribution in [0.1, 0.15) is 10.4 Å². The monoisotopic (exact) mass is 353 g/mol. The van der Waals surface area contributed by atoms with Gasteiger partial charge in [0.1, 0.15) is 5.75 Å². The number of hydrogen-bond donors (Lipinski definition) is 3. The van der Waals surface area contributed by atoms with Gasteiger partial charge in [0, 0.05) is 17.5 Å². The van der Waals surface area contributed by atoms with E-state index in [4.69, 9.17) is 0 Å². The molecule has 0 atom stereocenters. The summed E-state index contributed by atoms with van der Waals surface area (Å²) < 4.78 is 0. The van der Waals surface area contributed by atoms with E-state index in [1.165, 1.54) is 23.9 Å². The number of nitrogens with one attached hydrogen (secondary N) is 2. The zero-order valence-corrected chi connectivity index (χ0v) is 13.9. The molecule has 1 heterocycles. The Kier molecular flexibility index (Phi) is 5.43. The Morgan fingerprint density at radius 2 is 1.96 bits per heavy atom. The number of rotatable bonds is 6. The first-order valence-electron chi connectivity index (χ1n) is 7.44. The van der Waals surface area contributed by atoms with Gasteiger partial charge in [0.15, 0.2) is 5.82 Å². The van der Waals surface area contributed by atoms with E-state index in [9.17, 15) is 9.90 Å². The maximum atomic E-state index is 11.8. The van der Waals surface area contributed by atoms with E-state index in [0.717, 1.165) is 5.56 Å². The van der Waals surface area contributed by atoms with Crippen molar-refractivity contribution < 1.29 is 9.90 Å². The van der Waals surface area contributed by atoms with Crippen LogP contribution in [0.15, 0.2) is 64.9 Å². The van der Waals surface area contributed by atoms with Crippen molar-refractivity contribution in [3.63, 3.8) is 0 Å². The molecule has 3 rings (SSSR count). The zero-order chi connectivity index (χ0) is 17.5. The van der Waals surface area contributed by atoms with Crippen molar-refractivity contribution in [2.24, 2.45) is 5.10 Å². The van der Waals surface area contributed by atoms with E-state index < -0.39 is 5.91 Å². The number of carbonyl (C=O) groups is 1. The second kappa shape index (κ2) is 8.11. The van der Waals surface area contributed by atoms with Gasteiger partial charge in [0.2, 0.25) is 5.16 Å². The van der Waals surface area contributed by atoms with E-state index in [1.807, 2.05) is 30.3 Å². The van der Waals surface area contributed by atoms with Crippen LogP contribution in [0.2, 0.25) is 0 Å². The van der Waals surface area contributed by atoms with Gasteiger partial charge in [-0.15, -0.1) is 5.10 Å². The zero-order valence-electron chi connectivity index (χ0n) is 13.1. The van der Waals surface area contributed by atoms with Crippen LogP contribution in [0.5, 0.6) is 5.75 Å². The summed E-state index contributed by atoms with van der Waals surface area (Å²) in [5.74, 6) is 0.642. The lowest BCUT2D eigenvalue weighted by Gasteiger charge is -2.01. The molecule has 25 heavy (non-hydrogen) atoms. The van der Waals surface area contributed by atoms with Gasteiger partial charge in [-0.25, -0.2) is 10.4 Å². The van der Waals surface area contributed by atoms with Gasteiger partial charge < -0.3 is 5.11 Å². The first kappa shape index (κ1) is 16.7. The maximum absolute atomic E-state index is 11.8. The van der Waals surface area contributed by atoms with Crippen molar-refractivity contribution in [2.75, 3.05) is 5.75 Å². The second-order valence-corrected chi connectivity index (χ2v) is 5.90. The molecule has 0 fully saturated rings. The van der Waals surface area contributed by atoms with Gasteiger partial charge in [0.05, 0.1) is 5.56 Å². The lowest BCUT2D eigenvalue weighted by atomic mass is 10.2. The Labute approximate surface area is 148 Å². The SMILES string of the molecule is O=C(NN=CCSc1n[nH]c(-c2ccccc2)n1)c1ccccc1O. The van der Waals surface area contributed by atoms with Crippen LogP contribution in [0, 0.1) is 0 Å². The average Bonchev–Trinajstić information content (AvgIpc) is 3.11. The molecule has 0 unspecified atom stereocenters. The molecule has 0 bridgehead atoms. The number of para-hydroxylation sites is 1. The number of phenolic OH excluding ortho intramolecular Hbond substituents is 1. The molecule has 0 radical (unpaired) electrons. The molecule has 0 spiro atoms. The topological polar surface area (TPSA) is 103 Å². The summed E-state index contributed by atoms with van der Waals surface area (Å²) in [5, 5.41) is 21.0. The van der Waals surface area contributed by atoms with Gasteiger partial charge in [-0.05, 0) is 12.1 Å². The summed E-state index contributed by atoms with van der Waals surface area (Å²) in [6.07, 6.45) is 1.54. The minimum Gasteiger partial charge on any atom is -0.507 e. The molecule has 0 saturated heterocycles. The van der Waals surface area contributed by atoms with Gasteiger partial charge in [0.25, 0.3) is 5.91 Å². The third kappa shape index (κ3) is 4.45. The number of amides is 1. The molecule has 1 amide bonds. The molecule has 7 nitrogen and oxygen atoms in total. The smallest absolute Gasteiger partial charge is 0.275 e. The number of H-pyrrole nitrogens is 1. The fourth-order valence-corrected chi connectivity index (χ4v) is 2.58. The molecule has 3 aromatic rings. The summed E-state index contributed by atoms with van der Waals surface area (Å²) in [4.78, 5) is 16.2. The first-order chi connectivity index (χ1) is 12.2. The van der Waals surface area contributed by atoms with Gasteiger partial charge in [-0.2, -0.15) is 5.10 Å². The highest BCUT2D eigenvalue weighted by atomic mass is 32.2. The van der Waals surface area contributed by atoms with Crippen LogP contribution < -0.4 is 5.43 Å². The molecular formula is C17H15N5O2S. The van der Waals surface area contributed by atoms with Crippen LogP contribution in [0.4, 0.5) is 0 Å². The summed E-state index contributed by atoms with van der Waals surface area (Å²) >= 11 is 1.38. The number of hydrazone groups is 1. The average molecular weight is 353 g/mol. The van der Waals surface area contributed by atoms with E-state index in [2.05, 4.69) is 25.7 Å². The Morgan fingerprint density at radius 3 is 2.76 bits per heavy atom. The molecule has 1 aromatic heterocycles. The number of thioether (sulfide) groups is 1. The van der Waals surface area contributed by atoms with Crippen molar-refractivity contribution in [2.45, 2.75) is 5.16 Å². The number of aromatic amines is 1. The molecule has 2 aromatic carbocycles. The summed E-state index contributed by atoms with van der Waals surface area (Å²) in [6.45, 7) is 0. The summed E-state index contributed by atoms with van der Waals surface area (Å²) in [6, 6.07) is 16.0.